The molecule has 0 saturated heterocycles. The van der Waals surface area contributed by atoms with Crippen LogP contribution in [-0.2, 0) is 24.3 Å². The van der Waals surface area contributed by atoms with Crippen LogP contribution in [0.15, 0.2) is 42.7 Å². The van der Waals surface area contributed by atoms with Gasteiger partial charge in [-0.05, 0) is 23.3 Å². The Bertz CT molecular complexity index is 1170. The third-order valence-corrected chi connectivity index (χ3v) is 4.63. The minimum absolute atomic E-state index is 0.0465. The van der Waals surface area contributed by atoms with Crippen molar-refractivity contribution in [2.45, 2.75) is 44.7 Å². The Hall–Kier alpha value is -3.64. The first-order valence-electron chi connectivity index (χ1n) is 9.99. The van der Waals surface area contributed by atoms with E-state index >= 15 is 0 Å². The SMILES string of the molecule is O=C(CCC(F)(F)F)NCc1cnn2cc(CNC(=O)c3ccccc3CC(F)(F)F)nc2c1. The molecular weight excluding hydrogens is 468 g/mol. The average molecular weight is 487 g/mol. The topological polar surface area (TPSA) is 88.4 Å². The van der Waals surface area contributed by atoms with E-state index in [2.05, 4.69) is 20.7 Å². The Labute approximate surface area is 189 Å². The Morgan fingerprint density at radius 2 is 1.71 bits per heavy atom. The zero-order chi connectivity index (χ0) is 24.9. The van der Waals surface area contributed by atoms with Crippen LogP contribution < -0.4 is 10.6 Å². The minimum atomic E-state index is -4.46. The van der Waals surface area contributed by atoms with Gasteiger partial charge < -0.3 is 10.6 Å². The first-order chi connectivity index (χ1) is 15.9. The Kier molecular flexibility index (Phi) is 7.42. The molecule has 2 amide bonds. The normalized spacial score (nSPS) is 12.1. The van der Waals surface area contributed by atoms with Crippen molar-refractivity contribution >= 4 is 17.5 Å². The van der Waals surface area contributed by atoms with E-state index in [-0.39, 0.29) is 24.2 Å². The van der Waals surface area contributed by atoms with Crippen LogP contribution in [0, 0.1) is 0 Å². The maximum Gasteiger partial charge on any atom is 0.393 e. The van der Waals surface area contributed by atoms with Crippen LogP contribution >= 0.6 is 0 Å². The number of rotatable bonds is 8. The van der Waals surface area contributed by atoms with Gasteiger partial charge in [0.05, 0.1) is 37.5 Å². The summed E-state index contributed by atoms with van der Waals surface area (Å²) in [5.74, 6) is -1.44. The van der Waals surface area contributed by atoms with Crippen molar-refractivity contribution in [3.05, 3.63) is 65.1 Å². The molecule has 0 fully saturated rings. The number of fused-ring (bicyclic) bond motifs is 1. The molecule has 13 heteroatoms. The number of aromatic nitrogens is 3. The molecule has 2 heterocycles. The molecule has 3 rings (SSSR count). The molecule has 2 N–H and O–H groups in total. The minimum Gasteiger partial charge on any atom is -0.352 e. The Morgan fingerprint density at radius 3 is 2.41 bits per heavy atom. The number of nitrogens with one attached hydrogen (secondary N) is 2. The summed E-state index contributed by atoms with van der Waals surface area (Å²) in [4.78, 5) is 28.2. The van der Waals surface area contributed by atoms with Gasteiger partial charge in [0.1, 0.15) is 0 Å². The predicted octanol–water partition coefficient (Wildman–Crippen LogP) is 3.72. The Balaban J connectivity index is 1.60. The lowest BCUT2D eigenvalue weighted by Crippen LogP contribution is -2.25. The second kappa shape index (κ2) is 10.1. The molecule has 1 aromatic carbocycles. The molecule has 0 aliphatic rings. The number of nitrogens with zero attached hydrogens (tertiary/aromatic N) is 3. The summed E-state index contributed by atoms with van der Waals surface area (Å²) in [7, 11) is 0. The quantitative estimate of drug-likeness (QED) is 0.474. The van der Waals surface area contributed by atoms with Gasteiger partial charge in [-0.3, -0.25) is 9.59 Å². The van der Waals surface area contributed by atoms with Crippen LogP contribution in [0.25, 0.3) is 5.65 Å². The van der Waals surface area contributed by atoms with Gasteiger partial charge in [-0.25, -0.2) is 9.50 Å². The Morgan fingerprint density at radius 1 is 0.971 bits per heavy atom. The molecule has 2 aromatic heterocycles. The molecule has 0 radical (unpaired) electrons. The highest BCUT2D eigenvalue weighted by atomic mass is 19.4. The second-order valence-corrected chi connectivity index (χ2v) is 7.42. The third-order valence-electron chi connectivity index (χ3n) is 4.63. The smallest absolute Gasteiger partial charge is 0.352 e. The highest BCUT2D eigenvalue weighted by Crippen LogP contribution is 2.23. The first kappa shape index (κ1) is 25.0. The number of halogens is 6. The average Bonchev–Trinajstić information content (AvgIpc) is 3.15. The number of imidazole rings is 1. The molecule has 0 bridgehead atoms. The van der Waals surface area contributed by atoms with E-state index in [1.165, 1.54) is 41.2 Å². The third kappa shape index (κ3) is 7.46. The molecule has 7 nitrogen and oxygen atoms in total. The largest absolute Gasteiger partial charge is 0.393 e. The van der Waals surface area contributed by atoms with Crippen molar-refractivity contribution in [3.8, 4) is 0 Å². The van der Waals surface area contributed by atoms with Crippen molar-refractivity contribution in [2.75, 3.05) is 0 Å². The lowest BCUT2D eigenvalue weighted by atomic mass is 10.0. The number of carbonyl (C=O) groups excluding carboxylic acids is 2. The van der Waals surface area contributed by atoms with E-state index in [0.29, 0.717) is 16.9 Å². The van der Waals surface area contributed by atoms with Crippen LogP contribution in [0.1, 0.15) is 40.0 Å². The number of benzene rings is 1. The van der Waals surface area contributed by atoms with E-state index in [4.69, 9.17) is 0 Å². The van der Waals surface area contributed by atoms with Crippen molar-refractivity contribution in [3.63, 3.8) is 0 Å². The van der Waals surface area contributed by atoms with E-state index in [9.17, 15) is 35.9 Å². The number of hydrogen-bond donors (Lipinski definition) is 2. The van der Waals surface area contributed by atoms with Crippen LogP contribution in [0.4, 0.5) is 26.3 Å². The number of alkyl halides is 6. The molecule has 34 heavy (non-hydrogen) atoms. The fourth-order valence-corrected chi connectivity index (χ4v) is 3.07. The number of amides is 2. The highest BCUT2D eigenvalue weighted by molar-refractivity contribution is 5.95. The summed E-state index contributed by atoms with van der Waals surface area (Å²) in [6.07, 6.45) is -9.11. The van der Waals surface area contributed by atoms with Crippen LogP contribution in [0.3, 0.4) is 0 Å². The molecule has 0 saturated carbocycles. The van der Waals surface area contributed by atoms with Gasteiger partial charge in [0.15, 0.2) is 5.65 Å². The van der Waals surface area contributed by atoms with Gasteiger partial charge in [0.2, 0.25) is 5.91 Å². The summed E-state index contributed by atoms with van der Waals surface area (Å²) in [5.41, 5.74) is 0.982. The lowest BCUT2D eigenvalue weighted by molar-refractivity contribution is -0.144. The molecule has 182 valence electrons. The van der Waals surface area contributed by atoms with Gasteiger partial charge in [-0.2, -0.15) is 31.4 Å². The van der Waals surface area contributed by atoms with Crippen molar-refractivity contribution in [2.24, 2.45) is 0 Å². The summed E-state index contributed by atoms with van der Waals surface area (Å²) < 4.78 is 76.2. The zero-order valence-corrected chi connectivity index (χ0v) is 17.5. The maximum atomic E-state index is 12.8. The van der Waals surface area contributed by atoms with Crippen molar-refractivity contribution in [1.29, 1.82) is 0 Å². The lowest BCUT2D eigenvalue weighted by Gasteiger charge is -2.11. The fourth-order valence-electron chi connectivity index (χ4n) is 3.07. The number of hydrogen-bond acceptors (Lipinski definition) is 4. The molecular formula is C21H19F6N5O2. The van der Waals surface area contributed by atoms with Crippen molar-refractivity contribution < 1.29 is 35.9 Å². The summed E-state index contributed by atoms with van der Waals surface area (Å²) in [6, 6.07) is 6.98. The van der Waals surface area contributed by atoms with Crippen LogP contribution in [-0.4, -0.2) is 38.8 Å². The summed E-state index contributed by atoms with van der Waals surface area (Å²) in [5, 5.41) is 8.98. The second-order valence-electron chi connectivity index (χ2n) is 7.42. The summed E-state index contributed by atoms with van der Waals surface area (Å²) >= 11 is 0. The molecule has 0 aliphatic heterocycles. The molecule has 0 atom stereocenters. The predicted molar refractivity (Wildman–Crippen MR) is 107 cm³/mol. The molecule has 0 unspecified atom stereocenters. The standard InChI is InChI=1S/C21H19F6N5O2/c22-20(23,24)6-5-18(33)28-9-13-7-17-31-15(12-32(17)30-10-13)11-29-19(34)16-4-2-1-3-14(16)8-21(25,26)27/h1-4,7,10,12H,5-6,8-9,11H2,(H,28,33)(H,29,34). The van der Waals surface area contributed by atoms with Gasteiger partial charge in [0.25, 0.3) is 5.91 Å². The molecule has 0 aliphatic carbocycles. The monoisotopic (exact) mass is 487 g/mol. The first-order valence-corrected chi connectivity index (χ1v) is 9.99. The van der Waals surface area contributed by atoms with Crippen molar-refractivity contribution in [1.82, 2.24) is 25.2 Å². The van der Waals surface area contributed by atoms with E-state index in [1.54, 1.807) is 6.07 Å². The van der Waals surface area contributed by atoms with Crippen LogP contribution in [0.2, 0.25) is 0 Å². The molecule has 0 spiro atoms. The maximum absolute atomic E-state index is 12.8. The van der Waals surface area contributed by atoms with E-state index < -0.39 is 43.4 Å². The molecule has 3 aromatic rings. The number of carbonyl (C=O) groups is 2. The zero-order valence-electron chi connectivity index (χ0n) is 17.5. The summed E-state index contributed by atoms with van der Waals surface area (Å²) in [6.45, 7) is -0.124. The van der Waals surface area contributed by atoms with E-state index in [0.717, 1.165) is 0 Å². The van der Waals surface area contributed by atoms with Gasteiger partial charge in [-0.1, -0.05) is 18.2 Å². The van der Waals surface area contributed by atoms with Gasteiger partial charge in [0, 0.05) is 18.5 Å². The van der Waals surface area contributed by atoms with Gasteiger partial charge >= 0.3 is 12.4 Å². The fraction of sp³-hybridized carbons (Fsp3) is 0.333. The highest BCUT2D eigenvalue weighted by Gasteiger charge is 2.30. The van der Waals surface area contributed by atoms with Gasteiger partial charge in [-0.15, -0.1) is 0 Å². The van der Waals surface area contributed by atoms with E-state index in [1.807, 2.05) is 0 Å². The van der Waals surface area contributed by atoms with Crippen LogP contribution in [0.5, 0.6) is 0 Å².